The molecular weight excluding hydrogens is 338 g/mol. The van der Waals surface area contributed by atoms with E-state index in [-0.39, 0.29) is 4.90 Å². The summed E-state index contributed by atoms with van der Waals surface area (Å²) in [5, 5.41) is 1.08. The molecular formula is C18H21N3O3S. The number of hydrogen-bond acceptors (Lipinski definition) is 4. The Bertz CT molecular complexity index is 980. The number of aryl methyl sites for hydroxylation is 2. The van der Waals surface area contributed by atoms with Crippen LogP contribution in [0.25, 0.3) is 11.0 Å². The molecule has 0 unspecified atom stereocenters. The number of nitrogens with zero attached hydrogens (tertiary/aromatic N) is 2. The highest BCUT2D eigenvalue weighted by Crippen LogP contribution is 2.21. The van der Waals surface area contributed by atoms with Gasteiger partial charge in [0, 0.05) is 30.9 Å². The van der Waals surface area contributed by atoms with E-state index in [0.717, 1.165) is 16.6 Å². The SMILES string of the molecule is COc1ccc(S(=O)(=O)NCCCn2ccc3cccnc32)cc1C. The molecule has 0 aliphatic carbocycles. The molecule has 7 heteroatoms. The molecule has 0 bridgehead atoms. The molecule has 0 fully saturated rings. The van der Waals surface area contributed by atoms with Crippen molar-refractivity contribution >= 4 is 21.1 Å². The molecule has 0 amide bonds. The molecule has 0 atom stereocenters. The van der Waals surface area contributed by atoms with Crippen molar-refractivity contribution in [2.75, 3.05) is 13.7 Å². The summed E-state index contributed by atoms with van der Waals surface area (Å²) >= 11 is 0. The van der Waals surface area contributed by atoms with Crippen molar-refractivity contribution in [3.8, 4) is 5.75 Å². The van der Waals surface area contributed by atoms with E-state index in [4.69, 9.17) is 4.74 Å². The molecule has 3 rings (SSSR count). The molecule has 3 aromatic rings. The average molecular weight is 359 g/mol. The van der Waals surface area contributed by atoms with E-state index in [0.29, 0.717) is 25.3 Å². The van der Waals surface area contributed by atoms with Crippen molar-refractivity contribution in [2.45, 2.75) is 24.8 Å². The number of fused-ring (bicyclic) bond motifs is 1. The summed E-state index contributed by atoms with van der Waals surface area (Å²) in [6.07, 6.45) is 4.40. The van der Waals surface area contributed by atoms with Gasteiger partial charge >= 0.3 is 0 Å². The van der Waals surface area contributed by atoms with Crippen LogP contribution in [0.3, 0.4) is 0 Å². The van der Waals surface area contributed by atoms with Gasteiger partial charge in [-0.15, -0.1) is 0 Å². The van der Waals surface area contributed by atoms with Crippen LogP contribution in [-0.4, -0.2) is 31.6 Å². The highest BCUT2D eigenvalue weighted by molar-refractivity contribution is 7.89. The minimum Gasteiger partial charge on any atom is -0.496 e. The van der Waals surface area contributed by atoms with Crippen LogP contribution in [-0.2, 0) is 16.6 Å². The highest BCUT2D eigenvalue weighted by atomic mass is 32.2. The number of rotatable bonds is 7. The second kappa shape index (κ2) is 7.25. The maximum Gasteiger partial charge on any atom is 0.240 e. The molecule has 0 radical (unpaired) electrons. The minimum absolute atomic E-state index is 0.249. The molecule has 2 heterocycles. The van der Waals surface area contributed by atoms with Crippen molar-refractivity contribution in [3.63, 3.8) is 0 Å². The molecule has 132 valence electrons. The first-order valence-electron chi connectivity index (χ1n) is 8.05. The van der Waals surface area contributed by atoms with Gasteiger partial charge in [0.05, 0.1) is 12.0 Å². The van der Waals surface area contributed by atoms with Crippen molar-refractivity contribution in [2.24, 2.45) is 0 Å². The summed E-state index contributed by atoms with van der Waals surface area (Å²) in [7, 11) is -1.96. The zero-order valence-corrected chi connectivity index (χ0v) is 15.1. The van der Waals surface area contributed by atoms with Crippen molar-refractivity contribution in [1.29, 1.82) is 0 Å². The van der Waals surface area contributed by atoms with Gasteiger partial charge in [0.2, 0.25) is 10.0 Å². The predicted octanol–water partition coefficient (Wildman–Crippen LogP) is 2.72. The van der Waals surface area contributed by atoms with E-state index in [1.807, 2.05) is 35.9 Å². The Kier molecular flexibility index (Phi) is 5.06. The quantitative estimate of drug-likeness (QED) is 0.658. The third kappa shape index (κ3) is 3.83. The van der Waals surface area contributed by atoms with E-state index in [2.05, 4.69) is 9.71 Å². The summed E-state index contributed by atoms with van der Waals surface area (Å²) < 4.78 is 34.6. The molecule has 25 heavy (non-hydrogen) atoms. The first kappa shape index (κ1) is 17.4. The number of sulfonamides is 1. The Morgan fingerprint density at radius 2 is 2.08 bits per heavy atom. The summed E-state index contributed by atoms with van der Waals surface area (Å²) in [6.45, 7) is 2.88. The van der Waals surface area contributed by atoms with Crippen LogP contribution in [0.5, 0.6) is 5.75 Å². The normalized spacial score (nSPS) is 11.8. The Morgan fingerprint density at radius 1 is 1.24 bits per heavy atom. The number of benzene rings is 1. The summed E-state index contributed by atoms with van der Waals surface area (Å²) in [5.41, 5.74) is 1.70. The van der Waals surface area contributed by atoms with E-state index in [9.17, 15) is 8.42 Å². The third-order valence-electron chi connectivity index (χ3n) is 4.07. The van der Waals surface area contributed by atoms with Crippen LogP contribution in [0, 0.1) is 6.92 Å². The Hall–Kier alpha value is -2.38. The van der Waals surface area contributed by atoms with Gasteiger partial charge in [0.1, 0.15) is 11.4 Å². The minimum atomic E-state index is -3.52. The first-order valence-corrected chi connectivity index (χ1v) is 9.54. The molecule has 2 aromatic heterocycles. The van der Waals surface area contributed by atoms with E-state index < -0.39 is 10.0 Å². The maximum absolute atomic E-state index is 12.4. The maximum atomic E-state index is 12.4. The van der Waals surface area contributed by atoms with Crippen molar-refractivity contribution < 1.29 is 13.2 Å². The number of pyridine rings is 1. The lowest BCUT2D eigenvalue weighted by atomic mass is 10.2. The third-order valence-corrected chi connectivity index (χ3v) is 5.53. The number of methoxy groups -OCH3 is 1. The topological polar surface area (TPSA) is 73.2 Å². The molecule has 0 spiro atoms. The second-order valence-corrected chi connectivity index (χ2v) is 7.58. The van der Waals surface area contributed by atoms with Crippen LogP contribution in [0.4, 0.5) is 0 Å². The second-order valence-electron chi connectivity index (χ2n) is 5.81. The van der Waals surface area contributed by atoms with Gasteiger partial charge in [0.25, 0.3) is 0 Å². The fraction of sp³-hybridized carbons (Fsp3) is 0.278. The Balaban J connectivity index is 1.60. The molecule has 0 saturated carbocycles. The van der Waals surface area contributed by atoms with Crippen LogP contribution in [0.15, 0.2) is 53.7 Å². The molecule has 1 N–H and O–H groups in total. The number of nitrogens with one attached hydrogen (secondary N) is 1. The average Bonchev–Trinajstić information content (AvgIpc) is 3.02. The van der Waals surface area contributed by atoms with Gasteiger partial charge in [-0.3, -0.25) is 0 Å². The number of ether oxygens (including phenoxy) is 1. The van der Waals surface area contributed by atoms with Gasteiger partial charge in [-0.05, 0) is 55.3 Å². The van der Waals surface area contributed by atoms with Gasteiger partial charge in [-0.2, -0.15) is 0 Å². The van der Waals surface area contributed by atoms with Crippen LogP contribution in [0.2, 0.25) is 0 Å². The molecule has 6 nitrogen and oxygen atoms in total. The monoisotopic (exact) mass is 359 g/mol. The van der Waals surface area contributed by atoms with E-state index >= 15 is 0 Å². The van der Waals surface area contributed by atoms with Gasteiger partial charge in [0.15, 0.2) is 0 Å². The van der Waals surface area contributed by atoms with Crippen molar-refractivity contribution in [1.82, 2.24) is 14.3 Å². The van der Waals surface area contributed by atoms with Crippen molar-refractivity contribution in [3.05, 3.63) is 54.4 Å². The summed E-state index contributed by atoms with van der Waals surface area (Å²) in [6, 6.07) is 10.8. The van der Waals surface area contributed by atoms with E-state index in [1.54, 1.807) is 31.5 Å². The summed E-state index contributed by atoms with van der Waals surface area (Å²) in [5.74, 6) is 0.672. The summed E-state index contributed by atoms with van der Waals surface area (Å²) in [4.78, 5) is 4.60. The van der Waals surface area contributed by atoms with Crippen LogP contribution < -0.4 is 9.46 Å². The lowest BCUT2D eigenvalue weighted by Gasteiger charge is -2.10. The Labute approximate surface area is 147 Å². The van der Waals surface area contributed by atoms with Gasteiger partial charge in [-0.1, -0.05) is 0 Å². The van der Waals surface area contributed by atoms with Crippen LogP contribution in [0.1, 0.15) is 12.0 Å². The van der Waals surface area contributed by atoms with Gasteiger partial charge < -0.3 is 9.30 Å². The fourth-order valence-electron chi connectivity index (χ4n) is 2.76. The molecule has 0 saturated heterocycles. The highest BCUT2D eigenvalue weighted by Gasteiger charge is 2.14. The predicted molar refractivity (Wildman–Crippen MR) is 97.3 cm³/mol. The van der Waals surface area contributed by atoms with E-state index in [1.165, 1.54) is 0 Å². The lowest BCUT2D eigenvalue weighted by Crippen LogP contribution is -2.25. The molecule has 1 aromatic carbocycles. The molecule has 0 aliphatic heterocycles. The lowest BCUT2D eigenvalue weighted by molar-refractivity contribution is 0.411. The fourth-order valence-corrected chi connectivity index (χ4v) is 3.92. The molecule has 0 aliphatic rings. The van der Waals surface area contributed by atoms with Gasteiger partial charge in [-0.25, -0.2) is 18.1 Å². The smallest absolute Gasteiger partial charge is 0.240 e. The standard InChI is InChI=1S/C18H21N3O3S/c1-14-13-16(6-7-17(14)24-2)25(22,23)20-10-4-11-21-12-8-15-5-3-9-19-18(15)21/h3,5-9,12-13,20H,4,10-11H2,1-2H3. The number of hydrogen-bond donors (Lipinski definition) is 1. The number of aromatic nitrogens is 2. The Morgan fingerprint density at radius 3 is 2.84 bits per heavy atom. The zero-order chi connectivity index (χ0) is 17.9. The first-order chi connectivity index (χ1) is 12.0. The largest absolute Gasteiger partial charge is 0.496 e. The van der Waals surface area contributed by atoms with Crippen LogP contribution >= 0.6 is 0 Å². The zero-order valence-electron chi connectivity index (χ0n) is 14.3.